The van der Waals surface area contributed by atoms with Gasteiger partial charge in [-0.15, -0.1) is 12.4 Å². The first-order chi connectivity index (χ1) is 14.2. The number of halogens is 1. The summed E-state index contributed by atoms with van der Waals surface area (Å²) in [4.78, 5) is 11.7. The molecule has 31 heavy (non-hydrogen) atoms. The zero-order valence-corrected chi connectivity index (χ0v) is 16.5. The van der Waals surface area contributed by atoms with Crippen molar-refractivity contribution >= 4 is 12.4 Å². The van der Waals surface area contributed by atoms with Crippen LogP contribution >= 0.6 is 12.4 Å². The van der Waals surface area contributed by atoms with Crippen molar-refractivity contribution in [3.05, 3.63) is 46.6 Å². The summed E-state index contributed by atoms with van der Waals surface area (Å²) in [7, 11) is 0. The molecule has 0 amide bonds. The normalized spacial score (nSPS) is 23.3. The van der Waals surface area contributed by atoms with Crippen molar-refractivity contribution in [2.75, 3.05) is 6.61 Å². The van der Waals surface area contributed by atoms with Gasteiger partial charge in [0.2, 0.25) is 6.29 Å². The highest BCUT2D eigenvalue weighted by Crippen LogP contribution is 2.42. The number of benzene rings is 2. The molecule has 0 aromatic heterocycles. The number of aromatic hydroxyl groups is 3. The minimum absolute atomic E-state index is 0. The molecule has 4 atom stereocenters. The summed E-state index contributed by atoms with van der Waals surface area (Å²) in [6.07, 6.45) is -5.79. The molecule has 0 radical (unpaired) electrons. The summed E-state index contributed by atoms with van der Waals surface area (Å²) in [5, 5.41) is 59.1. The Labute approximate surface area is 180 Å². The van der Waals surface area contributed by atoms with Crippen molar-refractivity contribution in [2.45, 2.75) is 24.6 Å². The topological polar surface area (TPSA) is 170 Å². The highest BCUT2D eigenvalue weighted by molar-refractivity contribution is 5.85. The molecule has 1 saturated heterocycles. The molecule has 10 nitrogen and oxygen atoms in total. The second-order valence-electron chi connectivity index (χ2n) is 6.87. The Balaban J connectivity index is 0.00000272. The molecule has 2 aliphatic heterocycles. The maximum atomic E-state index is 11.7. The van der Waals surface area contributed by atoms with Crippen molar-refractivity contribution in [1.29, 1.82) is 0 Å². The Morgan fingerprint density at radius 2 is 1.65 bits per heavy atom. The Morgan fingerprint density at radius 1 is 0.903 bits per heavy atom. The molecule has 6 N–H and O–H groups in total. The Bertz CT molecular complexity index is 1110. The molecule has 1 aromatic carbocycles. The van der Waals surface area contributed by atoms with Gasteiger partial charge < -0.3 is 44.5 Å². The monoisotopic (exact) mass is 454 g/mol. The first-order valence-corrected chi connectivity index (χ1v) is 8.90. The van der Waals surface area contributed by atoms with Crippen molar-refractivity contribution in [3.8, 4) is 45.6 Å². The zero-order valence-electron chi connectivity index (χ0n) is 15.7. The molecular weight excluding hydrogens is 436 g/mol. The fourth-order valence-corrected chi connectivity index (χ4v) is 3.14. The number of fused-ring (bicyclic) bond motifs is 1. The molecular formula is C20H19ClO10. The number of hydrogen-bond donors (Lipinski definition) is 6. The lowest BCUT2D eigenvalue weighted by Crippen LogP contribution is -2.54. The molecule has 4 rings (SSSR count). The van der Waals surface area contributed by atoms with Gasteiger partial charge in [-0.05, 0) is 24.3 Å². The van der Waals surface area contributed by atoms with Crippen LogP contribution in [-0.2, 0) is 4.74 Å². The lowest BCUT2D eigenvalue weighted by molar-refractivity contribution is -0.242. The molecule has 1 fully saturated rings. The molecule has 0 saturated carbocycles. The fraction of sp³-hybridized carbons (Fsp3) is 0.250. The van der Waals surface area contributed by atoms with Gasteiger partial charge in [0.25, 0.3) is 0 Å². The summed E-state index contributed by atoms with van der Waals surface area (Å²) in [6, 6.07) is 7.27. The highest BCUT2D eigenvalue weighted by Gasteiger charge is 2.39. The molecule has 166 valence electrons. The number of hydrogen-bond acceptors (Lipinski definition) is 10. The smallest absolute Gasteiger partial charge is 0.229 e. The number of phenolic OH excluding ortho intramolecular Hbond substituents is 3. The van der Waals surface area contributed by atoms with Crippen LogP contribution in [-0.4, -0.2) is 61.8 Å². The maximum Gasteiger partial charge on any atom is 0.229 e. The summed E-state index contributed by atoms with van der Waals surface area (Å²) in [6.45, 7) is -0.298. The first kappa shape index (κ1) is 22.7. The van der Waals surface area contributed by atoms with E-state index < -0.39 is 35.8 Å². The van der Waals surface area contributed by atoms with Crippen LogP contribution in [0.3, 0.4) is 0 Å². The average molecular weight is 455 g/mol. The largest absolute Gasteiger partial charge is 0.507 e. The second-order valence-corrected chi connectivity index (χ2v) is 6.87. The lowest BCUT2D eigenvalue weighted by atomic mass is 10.0. The van der Waals surface area contributed by atoms with E-state index in [4.69, 9.17) is 13.9 Å². The van der Waals surface area contributed by atoms with E-state index in [2.05, 4.69) is 0 Å². The van der Waals surface area contributed by atoms with E-state index in [0.29, 0.717) is 0 Å². The van der Waals surface area contributed by atoms with Crippen molar-refractivity contribution in [2.24, 2.45) is 0 Å². The highest BCUT2D eigenvalue weighted by atomic mass is 35.5. The predicted octanol–water partition coefficient (Wildman–Crippen LogP) is 0.768. The van der Waals surface area contributed by atoms with Crippen molar-refractivity contribution < 1.29 is 44.5 Å². The van der Waals surface area contributed by atoms with Gasteiger partial charge in [0, 0.05) is 17.7 Å². The van der Waals surface area contributed by atoms with Crippen LogP contribution in [0.1, 0.15) is 0 Å². The molecule has 3 aliphatic rings. The van der Waals surface area contributed by atoms with E-state index in [1.54, 1.807) is 0 Å². The van der Waals surface area contributed by atoms with Crippen LogP contribution in [0.2, 0.25) is 0 Å². The predicted molar refractivity (Wildman–Crippen MR) is 108 cm³/mol. The Morgan fingerprint density at radius 3 is 2.35 bits per heavy atom. The minimum atomic E-state index is -1.59. The maximum absolute atomic E-state index is 11.7. The van der Waals surface area contributed by atoms with Gasteiger partial charge in [-0.3, -0.25) is 4.79 Å². The van der Waals surface area contributed by atoms with Crippen LogP contribution in [0.5, 0.6) is 23.0 Å². The fourth-order valence-electron chi connectivity index (χ4n) is 3.14. The molecule has 0 unspecified atom stereocenters. The Kier molecular flexibility index (Phi) is 6.30. The molecule has 1 aliphatic carbocycles. The molecule has 0 bridgehead atoms. The summed E-state index contributed by atoms with van der Waals surface area (Å²) >= 11 is 0. The van der Waals surface area contributed by atoms with Gasteiger partial charge in [-0.1, -0.05) is 0 Å². The first-order valence-electron chi connectivity index (χ1n) is 8.90. The van der Waals surface area contributed by atoms with Crippen LogP contribution < -0.4 is 10.2 Å². The summed E-state index contributed by atoms with van der Waals surface area (Å²) in [5.74, 6) is -1.23. The van der Waals surface area contributed by atoms with Crippen molar-refractivity contribution in [1.82, 2.24) is 0 Å². The SMILES string of the molecule is Cl.O=c1cc2oc(-c3ccc(O)c(O)c3)c(O[C@H]3OC[C@@H](O)[C@@H](O)[C@@H]3O)cc-2c(O)c1. The number of phenols is 3. The van der Waals surface area contributed by atoms with Gasteiger partial charge in [0.15, 0.2) is 28.4 Å². The number of aliphatic hydroxyl groups is 3. The minimum Gasteiger partial charge on any atom is -0.507 e. The van der Waals surface area contributed by atoms with E-state index in [0.717, 1.165) is 12.1 Å². The van der Waals surface area contributed by atoms with E-state index in [1.165, 1.54) is 24.3 Å². The quantitative estimate of drug-likeness (QED) is 0.310. The van der Waals surface area contributed by atoms with Crippen LogP contribution in [0.15, 0.2) is 45.6 Å². The molecule has 0 spiro atoms. The second kappa shape index (κ2) is 8.61. The third-order valence-electron chi connectivity index (χ3n) is 4.74. The standard InChI is InChI=1S/C20H18O10.ClH/c21-9-4-12(23)10-6-16(30-20-18(27)17(26)14(25)7-28-20)19(29-15(10)5-9)8-1-2-11(22)13(24)3-8;/h1-6,14,17-18,20,22-27H,7H2;1H/t14-,17-,18+,20-;/m1./s1. The van der Waals surface area contributed by atoms with Crippen LogP contribution in [0.4, 0.5) is 0 Å². The van der Waals surface area contributed by atoms with Gasteiger partial charge in [0.1, 0.15) is 29.8 Å². The third kappa shape index (κ3) is 4.24. The molecule has 2 heterocycles. The number of ether oxygens (including phenoxy) is 2. The van der Waals surface area contributed by atoms with E-state index in [9.17, 15) is 35.4 Å². The average Bonchev–Trinajstić information content (AvgIpc) is 2.70. The van der Waals surface area contributed by atoms with Crippen LogP contribution in [0, 0.1) is 0 Å². The zero-order chi connectivity index (χ0) is 21.6. The van der Waals surface area contributed by atoms with Crippen molar-refractivity contribution in [3.63, 3.8) is 0 Å². The van der Waals surface area contributed by atoms with Crippen LogP contribution in [0.25, 0.3) is 22.6 Å². The van der Waals surface area contributed by atoms with Gasteiger partial charge in [-0.2, -0.15) is 0 Å². The van der Waals surface area contributed by atoms with E-state index >= 15 is 0 Å². The van der Waals surface area contributed by atoms with E-state index in [1.807, 2.05) is 0 Å². The number of aliphatic hydroxyl groups excluding tert-OH is 3. The van der Waals surface area contributed by atoms with Gasteiger partial charge in [-0.25, -0.2) is 0 Å². The summed E-state index contributed by atoms with van der Waals surface area (Å²) < 4.78 is 16.6. The summed E-state index contributed by atoms with van der Waals surface area (Å²) in [5.41, 5.74) is -0.133. The van der Waals surface area contributed by atoms with Gasteiger partial charge >= 0.3 is 0 Å². The Hall–Kier alpha value is -3.02. The van der Waals surface area contributed by atoms with E-state index in [-0.39, 0.29) is 58.9 Å². The number of rotatable bonds is 3. The molecule has 1 aromatic rings. The third-order valence-corrected chi connectivity index (χ3v) is 4.74. The van der Waals surface area contributed by atoms with Gasteiger partial charge in [0.05, 0.1) is 12.2 Å². The lowest BCUT2D eigenvalue weighted by Gasteiger charge is -2.35. The molecule has 11 heteroatoms.